The molecule has 6 heteroatoms. The second-order valence-electron chi connectivity index (χ2n) is 7.33. The van der Waals surface area contributed by atoms with Crippen molar-refractivity contribution < 1.29 is 4.79 Å². The minimum atomic E-state index is 0. The second kappa shape index (κ2) is 9.25. The van der Waals surface area contributed by atoms with Crippen molar-refractivity contribution in [2.45, 2.75) is 19.3 Å². The largest absolute Gasteiger partial charge is 0.338 e. The molecule has 0 saturated carbocycles. The van der Waals surface area contributed by atoms with Gasteiger partial charge in [0.25, 0.3) is 5.91 Å². The summed E-state index contributed by atoms with van der Waals surface area (Å²) in [6.07, 6.45) is 2.45. The van der Waals surface area contributed by atoms with Crippen LogP contribution in [-0.2, 0) is 6.42 Å². The molecule has 2 N–H and O–H groups in total. The molecule has 1 fully saturated rings. The molecule has 0 radical (unpaired) electrons. The summed E-state index contributed by atoms with van der Waals surface area (Å²) < 4.78 is 1.87. The van der Waals surface area contributed by atoms with Gasteiger partial charge in [-0.3, -0.25) is 4.79 Å². The molecule has 0 aliphatic carbocycles. The van der Waals surface area contributed by atoms with Crippen molar-refractivity contribution in [3.05, 3.63) is 83.7 Å². The molecule has 4 rings (SSSR count). The summed E-state index contributed by atoms with van der Waals surface area (Å²) in [5.74, 6) is 0.612. The summed E-state index contributed by atoms with van der Waals surface area (Å²) in [7, 11) is 0. The maximum atomic E-state index is 13.3. The van der Waals surface area contributed by atoms with Crippen LogP contribution in [0.2, 0.25) is 0 Å². The molecule has 1 aliphatic rings. The Hall–Kier alpha value is -2.63. The van der Waals surface area contributed by atoms with Crippen LogP contribution in [0.15, 0.2) is 66.9 Å². The number of rotatable bonds is 5. The molecule has 1 aliphatic heterocycles. The van der Waals surface area contributed by atoms with Crippen LogP contribution < -0.4 is 5.73 Å². The number of para-hydroxylation sites is 1. The van der Waals surface area contributed by atoms with Crippen LogP contribution in [-0.4, -0.2) is 40.2 Å². The summed E-state index contributed by atoms with van der Waals surface area (Å²) in [5.41, 5.74) is 9.91. The zero-order chi connectivity index (χ0) is 19.5. The highest BCUT2D eigenvalue weighted by Crippen LogP contribution is 2.33. The molecule has 29 heavy (non-hydrogen) atoms. The molecule has 2 atom stereocenters. The number of carbonyl (C=O) groups excluding carboxylic acids is 1. The smallest absolute Gasteiger partial charge is 0.257 e. The van der Waals surface area contributed by atoms with Gasteiger partial charge in [0.05, 0.1) is 23.1 Å². The van der Waals surface area contributed by atoms with Gasteiger partial charge in [-0.2, -0.15) is 5.10 Å². The third kappa shape index (κ3) is 4.07. The molecule has 0 bridgehead atoms. The lowest BCUT2D eigenvalue weighted by atomic mass is 9.89. The SMILES string of the molecule is CCc1c(C(=O)N2C[C@@H](CN)[C@H](c3ccccc3)C2)cnn1-c1ccccc1.Cl. The van der Waals surface area contributed by atoms with E-state index in [9.17, 15) is 4.79 Å². The van der Waals surface area contributed by atoms with Crippen molar-refractivity contribution in [1.29, 1.82) is 0 Å². The van der Waals surface area contributed by atoms with E-state index in [0.29, 0.717) is 25.2 Å². The Morgan fingerprint density at radius 2 is 1.72 bits per heavy atom. The van der Waals surface area contributed by atoms with E-state index in [1.54, 1.807) is 6.20 Å². The summed E-state index contributed by atoms with van der Waals surface area (Å²) in [5, 5.41) is 4.51. The van der Waals surface area contributed by atoms with Crippen LogP contribution in [0.25, 0.3) is 5.69 Å². The quantitative estimate of drug-likeness (QED) is 0.697. The first kappa shape index (κ1) is 21.1. The summed E-state index contributed by atoms with van der Waals surface area (Å²) >= 11 is 0. The van der Waals surface area contributed by atoms with Crippen molar-refractivity contribution in [3.63, 3.8) is 0 Å². The van der Waals surface area contributed by atoms with Gasteiger partial charge in [0.2, 0.25) is 0 Å². The number of amides is 1. The van der Waals surface area contributed by atoms with Gasteiger partial charge >= 0.3 is 0 Å². The van der Waals surface area contributed by atoms with E-state index in [-0.39, 0.29) is 30.2 Å². The van der Waals surface area contributed by atoms with E-state index >= 15 is 0 Å². The Morgan fingerprint density at radius 3 is 2.34 bits per heavy atom. The number of carbonyl (C=O) groups is 1. The zero-order valence-electron chi connectivity index (χ0n) is 16.6. The van der Waals surface area contributed by atoms with Crippen molar-refractivity contribution in [2.75, 3.05) is 19.6 Å². The molecule has 152 valence electrons. The molecule has 1 aromatic heterocycles. The Balaban J connectivity index is 0.00000240. The molecular weight excluding hydrogens is 384 g/mol. The topological polar surface area (TPSA) is 64.2 Å². The van der Waals surface area contributed by atoms with Crippen LogP contribution in [0.5, 0.6) is 0 Å². The lowest BCUT2D eigenvalue weighted by Gasteiger charge is -2.17. The summed E-state index contributed by atoms with van der Waals surface area (Å²) in [6.45, 7) is 4.03. The fourth-order valence-electron chi connectivity index (χ4n) is 4.21. The molecule has 0 spiro atoms. The van der Waals surface area contributed by atoms with Gasteiger partial charge in [-0.15, -0.1) is 12.4 Å². The number of nitrogens with zero attached hydrogens (tertiary/aromatic N) is 3. The number of hydrogen-bond donors (Lipinski definition) is 1. The molecule has 3 aromatic rings. The van der Waals surface area contributed by atoms with E-state index in [0.717, 1.165) is 17.8 Å². The second-order valence-corrected chi connectivity index (χ2v) is 7.33. The van der Waals surface area contributed by atoms with Gasteiger partial charge in [-0.05, 0) is 36.6 Å². The van der Waals surface area contributed by atoms with Crippen molar-refractivity contribution in [1.82, 2.24) is 14.7 Å². The predicted molar refractivity (Wildman–Crippen MR) is 118 cm³/mol. The first-order valence-electron chi connectivity index (χ1n) is 9.89. The van der Waals surface area contributed by atoms with E-state index < -0.39 is 0 Å². The number of likely N-dealkylation sites (tertiary alicyclic amines) is 1. The normalized spacial score (nSPS) is 18.5. The van der Waals surface area contributed by atoms with Crippen molar-refractivity contribution >= 4 is 18.3 Å². The Labute approximate surface area is 177 Å². The number of nitrogens with two attached hydrogens (primary N) is 1. The fourth-order valence-corrected chi connectivity index (χ4v) is 4.21. The standard InChI is InChI=1S/C23H26N4O.ClH/c1-2-22-20(14-25-27(22)19-11-7-4-8-12-19)23(28)26-15-18(13-24)21(16-26)17-9-5-3-6-10-17;/h3-12,14,18,21H,2,13,15-16,24H2,1H3;1H/t18-,21+;/m1./s1. The highest BCUT2D eigenvalue weighted by Gasteiger charge is 2.36. The molecule has 1 amide bonds. The van der Waals surface area contributed by atoms with Crippen LogP contribution in [0.4, 0.5) is 0 Å². The first-order valence-corrected chi connectivity index (χ1v) is 9.89. The molecule has 0 unspecified atom stereocenters. The number of halogens is 1. The molecule has 5 nitrogen and oxygen atoms in total. The Kier molecular flexibility index (Phi) is 6.72. The van der Waals surface area contributed by atoms with Gasteiger partial charge in [0.15, 0.2) is 0 Å². The first-order chi connectivity index (χ1) is 13.7. The number of aromatic nitrogens is 2. The van der Waals surface area contributed by atoms with Crippen molar-refractivity contribution in [2.24, 2.45) is 11.7 Å². The fraction of sp³-hybridized carbons (Fsp3) is 0.304. The van der Waals surface area contributed by atoms with Gasteiger partial charge in [-0.1, -0.05) is 55.5 Å². The lowest BCUT2D eigenvalue weighted by molar-refractivity contribution is 0.0785. The Morgan fingerprint density at radius 1 is 1.07 bits per heavy atom. The molecule has 2 heterocycles. The average Bonchev–Trinajstić information content (AvgIpc) is 3.38. The van der Waals surface area contributed by atoms with Gasteiger partial charge in [-0.25, -0.2) is 4.68 Å². The van der Waals surface area contributed by atoms with Crippen LogP contribution in [0, 0.1) is 5.92 Å². The number of hydrogen-bond acceptors (Lipinski definition) is 3. The van der Waals surface area contributed by atoms with E-state index in [2.05, 4.69) is 24.2 Å². The average molecular weight is 411 g/mol. The van der Waals surface area contributed by atoms with Gasteiger partial charge < -0.3 is 10.6 Å². The maximum absolute atomic E-state index is 13.3. The molecule has 2 aromatic carbocycles. The highest BCUT2D eigenvalue weighted by atomic mass is 35.5. The zero-order valence-corrected chi connectivity index (χ0v) is 17.4. The lowest BCUT2D eigenvalue weighted by Crippen LogP contribution is -2.30. The third-order valence-corrected chi connectivity index (χ3v) is 5.69. The van der Waals surface area contributed by atoms with Crippen molar-refractivity contribution in [3.8, 4) is 5.69 Å². The molecule has 1 saturated heterocycles. The van der Waals surface area contributed by atoms with Crippen LogP contribution in [0.3, 0.4) is 0 Å². The van der Waals surface area contributed by atoms with Crippen LogP contribution in [0.1, 0.15) is 34.5 Å². The summed E-state index contributed by atoms with van der Waals surface area (Å²) in [6, 6.07) is 20.3. The predicted octanol–water partition coefficient (Wildman–Crippen LogP) is 3.67. The van der Waals surface area contributed by atoms with Gasteiger partial charge in [0, 0.05) is 19.0 Å². The van der Waals surface area contributed by atoms with Gasteiger partial charge in [0.1, 0.15) is 0 Å². The third-order valence-electron chi connectivity index (χ3n) is 5.69. The van der Waals surface area contributed by atoms with E-state index in [1.807, 2.05) is 58.1 Å². The molecular formula is C23H27ClN4O. The minimum Gasteiger partial charge on any atom is -0.338 e. The summed E-state index contributed by atoms with van der Waals surface area (Å²) in [4.78, 5) is 15.3. The minimum absolute atomic E-state index is 0. The monoisotopic (exact) mass is 410 g/mol. The van der Waals surface area contributed by atoms with Crippen LogP contribution >= 0.6 is 12.4 Å². The number of benzene rings is 2. The maximum Gasteiger partial charge on any atom is 0.257 e. The highest BCUT2D eigenvalue weighted by molar-refractivity contribution is 5.95. The van der Waals surface area contributed by atoms with E-state index in [1.165, 1.54) is 5.56 Å². The van der Waals surface area contributed by atoms with E-state index in [4.69, 9.17) is 5.73 Å². The Bertz CT molecular complexity index is 942.